The first kappa shape index (κ1) is 20.1. The highest BCUT2D eigenvalue weighted by Crippen LogP contribution is 2.18. The number of para-hydroxylation sites is 1. The van der Waals surface area contributed by atoms with Crippen LogP contribution in [0.1, 0.15) is 27.0 Å². The normalized spacial score (nSPS) is 10.7. The molecule has 0 aliphatic rings. The Hall–Kier alpha value is -3.66. The first-order chi connectivity index (χ1) is 14.0. The van der Waals surface area contributed by atoms with Crippen LogP contribution in [-0.4, -0.2) is 23.8 Å². The number of anilines is 1. The lowest BCUT2D eigenvalue weighted by Gasteiger charge is -2.19. The number of hydrogen-bond donors (Lipinski definition) is 1. The largest absolute Gasteiger partial charge is 0.337 e. The molecular weight excluding hydrogens is 360 g/mol. The number of rotatable bonds is 6. The van der Waals surface area contributed by atoms with Crippen LogP contribution in [0, 0.1) is 6.92 Å². The molecule has 4 heteroatoms. The van der Waals surface area contributed by atoms with E-state index in [-0.39, 0.29) is 11.8 Å². The van der Waals surface area contributed by atoms with Crippen molar-refractivity contribution in [2.45, 2.75) is 13.5 Å². The van der Waals surface area contributed by atoms with E-state index in [1.807, 2.05) is 61.5 Å². The highest BCUT2D eigenvalue weighted by atomic mass is 16.2. The van der Waals surface area contributed by atoms with Gasteiger partial charge >= 0.3 is 0 Å². The Bertz CT molecular complexity index is 1010. The molecule has 0 radical (unpaired) electrons. The molecule has 146 valence electrons. The molecular formula is C25H24N2O2. The second kappa shape index (κ2) is 9.51. The lowest BCUT2D eigenvalue weighted by atomic mass is 10.1. The molecule has 0 bridgehead atoms. The van der Waals surface area contributed by atoms with Gasteiger partial charge in [-0.05, 0) is 36.3 Å². The van der Waals surface area contributed by atoms with Crippen molar-refractivity contribution in [3.8, 4) is 0 Å². The number of carbonyl (C=O) groups excluding carboxylic acids is 2. The van der Waals surface area contributed by atoms with E-state index in [4.69, 9.17) is 0 Å². The molecule has 0 spiro atoms. The van der Waals surface area contributed by atoms with Gasteiger partial charge in [0.15, 0.2) is 0 Å². The number of nitrogens with zero attached hydrogens (tertiary/aromatic N) is 1. The van der Waals surface area contributed by atoms with Gasteiger partial charge < -0.3 is 10.2 Å². The Labute approximate surface area is 171 Å². The molecule has 0 aliphatic heterocycles. The number of benzene rings is 3. The topological polar surface area (TPSA) is 49.4 Å². The van der Waals surface area contributed by atoms with Gasteiger partial charge in [-0.3, -0.25) is 9.59 Å². The summed E-state index contributed by atoms with van der Waals surface area (Å²) in [5.41, 5.74) is 4.11. The zero-order valence-electron chi connectivity index (χ0n) is 16.6. The van der Waals surface area contributed by atoms with E-state index in [1.165, 1.54) is 11.6 Å². The van der Waals surface area contributed by atoms with E-state index < -0.39 is 0 Å². The monoisotopic (exact) mass is 384 g/mol. The second-order valence-electron chi connectivity index (χ2n) is 6.93. The van der Waals surface area contributed by atoms with E-state index in [2.05, 4.69) is 5.32 Å². The van der Waals surface area contributed by atoms with Crippen LogP contribution in [0.4, 0.5) is 5.69 Å². The molecule has 29 heavy (non-hydrogen) atoms. The predicted molar refractivity (Wildman–Crippen MR) is 118 cm³/mol. The molecule has 0 aromatic heterocycles. The summed E-state index contributed by atoms with van der Waals surface area (Å²) < 4.78 is 0. The van der Waals surface area contributed by atoms with Gasteiger partial charge in [0.25, 0.3) is 5.91 Å². The molecule has 0 fully saturated rings. The summed E-state index contributed by atoms with van der Waals surface area (Å²) in [5, 5.41) is 2.82. The van der Waals surface area contributed by atoms with E-state index in [9.17, 15) is 9.59 Å². The zero-order chi connectivity index (χ0) is 20.6. The Balaban J connectivity index is 1.70. The van der Waals surface area contributed by atoms with Gasteiger partial charge in [-0.15, -0.1) is 0 Å². The number of nitrogens with one attached hydrogen (secondary N) is 1. The fourth-order valence-electron chi connectivity index (χ4n) is 2.94. The van der Waals surface area contributed by atoms with Crippen molar-refractivity contribution in [2.24, 2.45) is 0 Å². The SMILES string of the molecule is Cc1ccc(C=CC(=O)Nc2ccccc2C(=O)N(C)Cc2ccccc2)cc1. The fourth-order valence-corrected chi connectivity index (χ4v) is 2.94. The molecule has 0 saturated heterocycles. The van der Waals surface area contributed by atoms with Crippen molar-refractivity contribution in [3.63, 3.8) is 0 Å². The summed E-state index contributed by atoms with van der Waals surface area (Å²) in [5.74, 6) is -0.427. The summed E-state index contributed by atoms with van der Waals surface area (Å²) in [4.78, 5) is 26.9. The van der Waals surface area contributed by atoms with Crippen molar-refractivity contribution in [2.75, 3.05) is 12.4 Å². The van der Waals surface area contributed by atoms with E-state index in [1.54, 1.807) is 42.3 Å². The average molecular weight is 384 g/mol. The summed E-state index contributed by atoms with van der Waals surface area (Å²) in [7, 11) is 1.76. The molecule has 3 aromatic carbocycles. The Morgan fingerprint density at radius 2 is 1.55 bits per heavy atom. The van der Waals surface area contributed by atoms with E-state index in [0.717, 1.165) is 11.1 Å². The minimum absolute atomic E-state index is 0.146. The number of hydrogen-bond acceptors (Lipinski definition) is 2. The molecule has 0 aliphatic carbocycles. The van der Waals surface area contributed by atoms with Crippen LogP contribution in [0.3, 0.4) is 0 Å². The van der Waals surface area contributed by atoms with Crippen molar-refractivity contribution in [1.29, 1.82) is 0 Å². The van der Waals surface area contributed by atoms with Crippen LogP contribution >= 0.6 is 0 Å². The smallest absolute Gasteiger partial charge is 0.256 e. The van der Waals surface area contributed by atoms with E-state index in [0.29, 0.717) is 17.8 Å². The van der Waals surface area contributed by atoms with Gasteiger partial charge in [0.1, 0.15) is 0 Å². The van der Waals surface area contributed by atoms with Crippen LogP contribution in [0.25, 0.3) is 6.08 Å². The van der Waals surface area contributed by atoms with Crippen LogP contribution in [-0.2, 0) is 11.3 Å². The van der Waals surface area contributed by atoms with Gasteiger partial charge in [0, 0.05) is 19.7 Å². The molecule has 0 unspecified atom stereocenters. The first-order valence-electron chi connectivity index (χ1n) is 9.47. The minimum Gasteiger partial charge on any atom is -0.337 e. The van der Waals surface area contributed by atoms with Gasteiger partial charge in [-0.25, -0.2) is 0 Å². The Kier molecular flexibility index (Phi) is 6.59. The molecule has 3 aromatic rings. The molecule has 0 saturated carbocycles. The van der Waals surface area contributed by atoms with Gasteiger partial charge in [-0.2, -0.15) is 0 Å². The second-order valence-corrected chi connectivity index (χ2v) is 6.93. The van der Waals surface area contributed by atoms with Gasteiger partial charge in [-0.1, -0.05) is 72.3 Å². The minimum atomic E-state index is -0.281. The third kappa shape index (κ3) is 5.66. The third-order valence-corrected chi connectivity index (χ3v) is 4.53. The third-order valence-electron chi connectivity index (χ3n) is 4.53. The van der Waals surface area contributed by atoms with Gasteiger partial charge in [0.05, 0.1) is 11.3 Å². The first-order valence-corrected chi connectivity index (χ1v) is 9.47. The molecule has 1 N–H and O–H groups in total. The lowest BCUT2D eigenvalue weighted by Crippen LogP contribution is -2.27. The van der Waals surface area contributed by atoms with Crippen LogP contribution in [0.5, 0.6) is 0 Å². The number of amides is 2. The molecule has 3 rings (SSSR count). The number of aryl methyl sites for hydroxylation is 1. The molecule has 0 heterocycles. The molecule has 4 nitrogen and oxygen atoms in total. The Morgan fingerprint density at radius 1 is 0.897 bits per heavy atom. The number of carbonyl (C=O) groups is 2. The summed E-state index contributed by atoms with van der Waals surface area (Å²) in [6.45, 7) is 2.51. The summed E-state index contributed by atoms with van der Waals surface area (Å²) in [6, 6.07) is 24.7. The molecule has 0 atom stereocenters. The average Bonchev–Trinajstić information content (AvgIpc) is 2.74. The van der Waals surface area contributed by atoms with Gasteiger partial charge in [0.2, 0.25) is 5.91 Å². The standard InChI is InChI=1S/C25H24N2O2/c1-19-12-14-20(15-13-19)16-17-24(28)26-23-11-7-6-10-22(23)25(29)27(2)18-21-8-4-3-5-9-21/h3-17H,18H2,1-2H3,(H,26,28). The quantitative estimate of drug-likeness (QED) is 0.613. The fraction of sp³-hybridized carbons (Fsp3) is 0.120. The van der Waals surface area contributed by atoms with Crippen molar-refractivity contribution in [3.05, 3.63) is 107 Å². The molecule has 2 amide bonds. The Morgan fingerprint density at radius 3 is 2.28 bits per heavy atom. The predicted octanol–water partition coefficient (Wildman–Crippen LogP) is 4.92. The van der Waals surface area contributed by atoms with Crippen LogP contribution in [0.2, 0.25) is 0 Å². The van der Waals surface area contributed by atoms with Crippen molar-refractivity contribution >= 4 is 23.6 Å². The van der Waals surface area contributed by atoms with Crippen molar-refractivity contribution < 1.29 is 9.59 Å². The van der Waals surface area contributed by atoms with Crippen LogP contribution in [0.15, 0.2) is 84.9 Å². The summed E-state index contributed by atoms with van der Waals surface area (Å²) in [6.07, 6.45) is 3.22. The summed E-state index contributed by atoms with van der Waals surface area (Å²) >= 11 is 0. The highest BCUT2D eigenvalue weighted by molar-refractivity contribution is 6.07. The highest BCUT2D eigenvalue weighted by Gasteiger charge is 2.16. The lowest BCUT2D eigenvalue weighted by molar-refractivity contribution is -0.111. The maximum atomic E-state index is 12.9. The van der Waals surface area contributed by atoms with E-state index >= 15 is 0 Å². The maximum Gasteiger partial charge on any atom is 0.256 e. The van der Waals surface area contributed by atoms with Crippen molar-refractivity contribution in [1.82, 2.24) is 4.90 Å². The zero-order valence-corrected chi connectivity index (χ0v) is 16.6. The van der Waals surface area contributed by atoms with Crippen LogP contribution < -0.4 is 5.32 Å². The maximum absolute atomic E-state index is 12.9.